The van der Waals surface area contributed by atoms with Crippen molar-refractivity contribution < 1.29 is 23.6 Å². The highest BCUT2D eigenvalue weighted by Crippen LogP contribution is 2.42. The molecule has 0 spiro atoms. The summed E-state index contributed by atoms with van der Waals surface area (Å²) in [4.78, 5) is 25.5. The monoisotopic (exact) mass is 526 g/mol. The third-order valence-corrected chi connectivity index (χ3v) is 6.89. The lowest BCUT2D eigenvalue weighted by atomic mass is 9.88. The predicted molar refractivity (Wildman–Crippen MR) is 136 cm³/mol. The zero-order valence-corrected chi connectivity index (χ0v) is 21.2. The molecule has 2 aromatic carbocycles. The summed E-state index contributed by atoms with van der Waals surface area (Å²) < 4.78 is 22.1. The van der Waals surface area contributed by atoms with E-state index in [9.17, 15) is 14.7 Å². The van der Waals surface area contributed by atoms with E-state index in [1.54, 1.807) is 31.3 Å². The van der Waals surface area contributed by atoms with Crippen molar-refractivity contribution >= 4 is 51.6 Å². The maximum Gasteiger partial charge on any atom is 0.328 e. The molecule has 0 unspecified atom stereocenters. The molecule has 0 atom stereocenters. The largest absolute Gasteiger partial charge is 0.478 e. The number of benzene rings is 2. The maximum absolute atomic E-state index is 15.3. The van der Waals surface area contributed by atoms with Crippen LogP contribution in [-0.2, 0) is 16.9 Å². The normalized spacial score (nSPS) is 14.6. The molecule has 0 radical (unpaired) electrons. The number of hydrogen-bond acceptors (Lipinski definition) is 4. The molecule has 2 heterocycles. The van der Waals surface area contributed by atoms with Crippen LogP contribution in [0.5, 0.6) is 0 Å². The Morgan fingerprint density at radius 2 is 1.97 bits per heavy atom. The predicted octanol–water partition coefficient (Wildman–Crippen LogP) is 7.22. The first kappa shape index (κ1) is 24.3. The van der Waals surface area contributed by atoms with Crippen molar-refractivity contribution in [3.63, 3.8) is 0 Å². The third kappa shape index (κ3) is 3.92. The van der Waals surface area contributed by atoms with Crippen molar-refractivity contribution in [3.8, 4) is 11.3 Å². The van der Waals surface area contributed by atoms with Gasteiger partial charge in [-0.1, -0.05) is 40.5 Å². The number of nitrogens with zero attached hydrogens (tertiary/aromatic N) is 2. The second-order valence-corrected chi connectivity index (χ2v) is 10.2. The number of carbonyl (C=O) groups is 2. The number of hydrogen-bond donors (Lipinski definition) is 1. The first-order chi connectivity index (χ1) is 17.0. The summed E-state index contributed by atoms with van der Waals surface area (Å²) in [7, 11) is 0. The number of carboxylic acid groups (broad SMARTS) is 1. The van der Waals surface area contributed by atoms with Crippen LogP contribution < -0.4 is 0 Å². The van der Waals surface area contributed by atoms with Crippen LogP contribution in [-0.4, -0.2) is 26.7 Å². The molecular formula is C27H21Cl2FN2O4. The fraction of sp³-hybridized carbons (Fsp3) is 0.222. The summed E-state index contributed by atoms with van der Waals surface area (Å²) in [6, 6.07) is 8.59. The Morgan fingerprint density at radius 1 is 1.22 bits per heavy atom. The number of aliphatic carboxylic acids is 1. The summed E-state index contributed by atoms with van der Waals surface area (Å²) >= 11 is 12.6. The van der Waals surface area contributed by atoms with Crippen LogP contribution in [0.2, 0.25) is 10.0 Å². The maximum atomic E-state index is 15.3. The number of alkyl halides is 1. The van der Waals surface area contributed by atoms with E-state index in [1.165, 1.54) is 30.6 Å². The molecule has 4 aromatic rings. The minimum Gasteiger partial charge on any atom is -0.478 e. The molecule has 0 amide bonds. The lowest BCUT2D eigenvalue weighted by molar-refractivity contribution is -0.131. The van der Waals surface area contributed by atoms with E-state index in [2.05, 4.69) is 5.16 Å². The van der Waals surface area contributed by atoms with Gasteiger partial charge < -0.3 is 9.63 Å². The van der Waals surface area contributed by atoms with Crippen LogP contribution in [0.1, 0.15) is 53.1 Å². The SMILES string of the molecule is Cc1cc(Cl)cc(Cl)c1-c1noc(C(C)(C)F)c1C(=O)n1cc2c3c(cccc31)/C(=C/C(=O)O)CC2. The van der Waals surface area contributed by atoms with Crippen molar-refractivity contribution in [2.75, 3.05) is 0 Å². The number of halogens is 3. The van der Waals surface area contributed by atoms with Gasteiger partial charge >= 0.3 is 5.97 Å². The first-order valence-corrected chi connectivity index (χ1v) is 12.0. The highest BCUT2D eigenvalue weighted by molar-refractivity contribution is 6.36. The summed E-state index contributed by atoms with van der Waals surface area (Å²) in [5.74, 6) is -1.77. The van der Waals surface area contributed by atoms with Gasteiger partial charge in [-0.2, -0.15) is 0 Å². The molecule has 1 aliphatic rings. The minimum atomic E-state index is -2.01. The van der Waals surface area contributed by atoms with Crippen LogP contribution in [0.15, 0.2) is 47.1 Å². The van der Waals surface area contributed by atoms with Gasteiger partial charge in [0.25, 0.3) is 5.91 Å². The zero-order chi connectivity index (χ0) is 25.9. The number of aromatic nitrogens is 2. The van der Waals surface area contributed by atoms with Crippen molar-refractivity contribution in [1.82, 2.24) is 9.72 Å². The highest BCUT2D eigenvalue weighted by atomic mass is 35.5. The van der Waals surface area contributed by atoms with Crippen molar-refractivity contribution in [2.45, 2.75) is 39.3 Å². The van der Waals surface area contributed by atoms with Gasteiger partial charge in [-0.15, -0.1) is 0 Å². The van der Waals surface area contributed by atoms with Gasteiger partial charge in [0, 0.05) is 28.2 Å². The molecule has 1 N–H and O–H groups in total. The Bertz CT molecular complexity index is 1580. The molecule has 0 aliphatic heterocycles. The standard InChI is InChI=1S/C27H21Cl2FN2O4/c1-13-9-16(28)11-18(29)21(13)24-23(25(36-31-24)27(2,3)30)26(35)32-12-15-8-7-14(10-20(33)34)17-5-4-6-19(32)22(15)17/h4-6,9-12H,7-8H2,1-3H3,(H,33,34)/b14-10+. The average molecular weight is 527 g/mol. The lowest BCUT2D eigenvalue weighted by Crippen LogP contribution is -2.18. The first-order valence-electron chi connectivity index (χ1n) is 11.2. The second kappa shape index (κ2) is 8.61. The van der Waals surface area contributed by atoms with Gasteiger partial charge in [0.2, 0.25) is 0 Å². The number of aryl methyl sites for hydroxylation is 2. The van der Waals surface area contributed by atoms with Crippen LogP contribution >= 0.6 is 23.2 Å². The van der Waals surface area contributed by atoms with Gasteiger partial charge in [0.1, 0.15) is 11.3 Å². The molecule has 9 heteroatoms. The highest BCUT2D eigenvalue weighted by Gasteiger charge is 2.37. The molecule has 0 fully saturated rings. The molecule has 0 saturated heterocycles. The Hall–Kier alpha value is -3.42. The van der Waals surface area contributed by atoms with Gasteiger partial charge in [-0.25, -0.2) is 9.18 Å². The van der Waals surface area contributed by atoms with Gasteiger partial charge in [0.15, 0.2) is 11.4 Å². The topological polar surface area (TPSA) is 85.3 Å². The molecule has 184 valence electrons. The van der Waals surface area contributed by atoms with Crippen molar-refractivity contribution in [2.24, 2.45) is 0 Å². The van der Waals surface area contributed by atoms with E-state index in [4.69, 9.17) is 27.7 Å². The van der Waals surface area contributed by atoms with Crippen molar-refractivity contribution in [1.29, 1.82) is 0 Å². The zero-order valence-electron chi connectivity index (χ0n) is 19.7. The Morgan fingerprint density at radius 3 is 2.64 bits per heavy atom. The summed E-state index contributed by atoms with van der Waals surface area (Å²) in [6.45, 7) is 4.35. The van der Waals surface area contributed by atoms with Gasteiger partial charge in [-0.05, 0) is 74.1 Å². The van der Waals surface area contributed by atoms with Gasteiger partial charge in [-0.3, -0.25) is 9.36 Å². The average Bonchev–Trinajstić information content (AvgIpc) is 3.38. The Labute approximate surface area is 215 Å². The molecule has 2 aromatic heterocycles. The number of allylic oxidation sites excluding steroid dienone is 1. The van der Waals surface area contributed by atoms with E-state index in [0.29, 0.717) is 40.1 Å². The van der Waals surface area contributed by atoms with Crippen LogP contribution in [0, 0.1) is 6.92 Å². The van der Waals surface area contributed by atoms with Crippen LogP contribution in [0.3, 0.4) is 0 Å². The summed E-state index contributed by atoms with van der Waals surface area (Å²) in [5.41, 5.74) is 2.09. The lowest BCUT2D eigenvalue weighted by Gasteiger charge is -2.15. The Kier molecular flexibility index (Phi) is 5.80. The third-order valence-electron chi connectivity index (χ3n) is 6.37. The number of carbonyl (C=O) groups excluding carboxylic acids is 1. The number of carboxylic acids is 1. The molecule has 0 saturated carbocycles. The van der Waals surface area contributed by atoms with E-state index in [0.717, 1.165) is 16.5 Å². The second-order valence-electron chi connectivity index (χ2n) is 9.32. The molecule has 0 bridgehead atoms. The molecular weight excluding hydrogens is 506 g/mol. The smallest absolute Gasteiger partial charge is 0.328 e. The van der Waals surface area contributed by atoms with E-state index in [-0.39, 0.29) is 22.0 Å². The molecule has 1 aliphatic carbocycles. The Balaban J connectivity index is 1.76. The number of rotatable bonds is 4. The fourth-order valence-electron chi connectivity index (χ4n) is 4.88. The van der Waals surface area contributed by atoms with E-state index in [1.807, 2.05) is 6.07 Å². The van der Waals surface area contributed by atoms with Crippen LogP contribution in [0.4, 0.5) is 4.39 Å². The van der Waals surface area contributed by atoms with E-state index < -0.39 is 17.5 Å². The summed E-state index contributed by atoms with van der Waals surface area (Å²) in [6.07, 6.45) is 4.00. The molecule has 5 rings (SSSR count). The molecule has 6 nitrogen and oxygen atoms in total. The minimum absolute atomic E-state index is 0.0378. The van der Waals surface area contributed by atoms with Gasteiger partial charge in [0.05, 0.1) is 10.5 Å². The fourth-order valence-corrected chi connectivity index (χ4v) is 5.57. The summed E-state index contributed by atoms with van der Waals surface area (Å²) in [5, 5.41) is 14.8. The quantitative estimate of drug-likeness (QED) is 0.283. The van der Waals surface area contributed by atoms with Crippen molar-refractivity contribution in [3.05, 3.63) is 80.7 Å². The van der Waals surface area contributed by atoms with E-state index >= 15 is 4.39 Å². The molecule has 36 heavy (non-hydrogen) atoms. The van der Waals surface area contributed by atoms with Crippen LogP contribution in [0.25, 0.3) is 27.7 Å².